The van der Waals surface area contributed by atoms with Crippen LogP contribution in [-0.4, -0.2) is 17.8 Å². The van der Waals surface area contributed by atoms with Gasteiger partial charge >= 0.3 is 0 Å². The molecule has 2 aromatic heterocycles. The number of terminal acetylenes is 1. The van der Waals surface area contributed by atoms with E-state index in [1.807, 2.05) is 28.9 Å². The zero-order valence-electron chi connectivity index (χ0n) is 14.5. The van der Waals surface area contributed by atoms with Crippen molar-refractivity contribution in [2.75, 3.05) is 18.5 Å². The van der Waals surface area contributed by atoms with E-state index in [1.165, 1.54) is 10.4 Å². The number of halogens is 1. The predicted molar refractivity (Wildman–Crippen MR) is 113 cm³/mol. The van der Waals surface area contributed by atoms with E-state index in [0.717, 1.165) is 46.3 Å². The van der Waals surface area contributed by atoms with Crippen LogP contribution in [0.5, 0.6) is 0 Å². The van der Waals surface area contributed by atoms with E-state index in [0.29, 0.717) is 0 Å². The lowest BCUT2D eigenvalue weighted by molar-refractivity contribution is 0.652. The van der Waals surface area contributed by atoms with Crippen molar-refractivity contribution >= 4 is 38.2 Å². The Morgan fingerprint density at radius 2 is 2.08 bits per heavy atom. The lowest BCUT2D eigenvalue weighted by Gasteiger charge is -2.13. The second-order valence-corrected chi connectivity index (χ2v) is 7.84. The molecule has 2 N–H and O–H groups in total. The Morgan fingerprint density at radius 3 is 2.85 bits per heavy atom. The van der Waals surface area contributed by atoms with Crippen LogP contribution < -0.4 is 16.2 Å². The smallest absolute Gasteiger partial charge is 0.189 e. The predicted octanol–water partition coefficient (Wildman–Crippen LogP) is 3.84. The summed E-state index contributed by atoms with van der Waals surface area (Å²) in [6.07, 6.45) is 8.26. The second kappa shape index (κ2) is 8.54. The van der Waals surface area contributed by atoms with E-state index in [-0.39, 0.29) is 5.43 Å². The summed E-state index contributed by atoms with van der Waals surface area (Å²) in [6, 6.07) is 9.21. The van der Waals surface area contributed by atoms with E-state index >= 15 is 0 Å². The average molecular weight is 430 g/mol. The lowest BCUT2D eigenvalue weighted by atomic mass is 10.2. The number of benzene rings is 1. The molecule has 0 radical (unpaired) electrons. The van der Waals surface area contributed by atoms with Crippen LogP contribution in [0.1, 0.15) is 21.7 Å². The van der Waals surface area contributed by atoms with Crippen molar-refractivity contribution < 1.29 is 0 Å². The zero-order chi connectivity index (χ0) is 18.5. The van der Waals surface area contributed by atoms with Gasteiger partial charge in [-0.05, 0) is 53.5 Å². The maximum atomic E-state index is 11.9. The molecule has 0 aliphatic heterocycles. The third-order valence-corrected chi connectivity index (χ3v) is 6.68. The first-order valence-electron chi connectivity index (χ1n) is 8.41. The van der Waals surface area contributed by atoms with Crippen molar-refractivity contribution in [1.82, 2.24) is 9.99 Å². The number of para-hydroxylation sites is 1. The standard InChI is InChI=1S/C20H20BrN3OS/c1-3-18-20(21)14(2)19(26-18)13-22-10-6-11-23-24-12-9-17(25)15-7-4-5-8-16(15)24/h1,4-5,7-9,12,22-23H,6,10-11,13H2,2H3. The maximum Gasteiger partial charge on any atom is 0.189 e. The van der Waals surface area contributed by atoms with Crippen molar-refractivity contribution in [1.29, 1.82) is 0 Å². The number of rotatable bonds is 7. The number of nitrogens with zero attached hydrogens (tertiary/aromatic N) is 1. The Labute approximate surface area is 165 Å². The maximum absolute atomic E-state index is 11.9. The molecule has 1 aromatic carbocycles. The molecule has 0 amide bonds. The topological polar surface area (TPSA) is 46.1 Å². The van der Waals surface area contributed by atoms with Crippen LogP contribution in [0.15, 0.2) is 45.8 Å². The van der Waals surface area contributed by atoms with Gasteiger partial charge in [-0.25, -0.2) is 0 Å². The molecule has 26 heavy (non-hydrogen) atoms. The number of hydrogen-bond donors (Lipinski definition) is 2. The van der Waals surface area contributed by atoms with Crippen LogP contribution in [0.3, 0.4) is 0 Å². The third-order valence-electron chi connectivity index (χ3n) is 4.21. The summed E-state index contributed by atoms with van der Waals surface area (Å²) in [5.41, 5.74) is 5.51. The van der Waals surface area contributed by atoms with Crippen LogP contribution >= 0.6 is 27.3 Å². The van der Waals surface area contributed by atoms with Gasteiger partial charge in [-0.1, -0.05) is 18.1 Å². The van der Waals surface area contributed by atoms with Gasteiger partial charge in [0, 0.05) is 40.1 Å². The molecule has 0 aliphatic carbocycles. The van der Waals surface area contributed by atoms with E-state index in [4.69, 9.17) is 6.42 Å². The minimum absolute atomic E-state index is 0.0455. The molecular weight excluding hydrogens is 410 g/mol. The molecule has 0 saturated carbocycles. The minimum Gasteiger partial charge on any atom is -0.326 e. The molecule has 0 bridgehead atoms. The molecule has 3 aromatic rings. The van der Waals surface area contributed by atoms with Crippen molar-refractivity contribution in [2.24, 2.45) is 0 Å². The monoisotopic (exact) mass is 429 g/mol. The number of nitrogens with one attached hydrogen (secondary N) is 2. The number of thiophene rings is 1. The molecule has 0 saturated heterocycles. The van der Waals surface area contributed by atoms with Crippen LogP contribution in [-0.2, 0) is 6.54 Å². The Bertz CT molecular complexity index is 1020. The molecule has 0 aliphatic rings. The molecule has 0 spiro atoms. The first-order chi connectivity index (χ1) is 12.6. The SMILES string of the molecule is C#Cc1sc(CNCCCNn2ccc(=O)c3ccccc32)c(C)c1Br. The van der Waals surface area contributed by atoms with Gasteiger partial charge in [0.1, 0.15) is 0 Å². The molecule has 3 rings (SSSR count). The molecule has 0 unspecified atom stereocenters. The summed E-state index contributed by atoms with van der Waals surface area (Å²) in [5.74, 6) is 2.71. The second-order valence-electron chi connectivity index (χ2n) is 5.94. The molecule has 6 heteroatoms. The molecule has 4 nitrogen and oxygen atoms in total. The molecule has 0 fully saturated rings. The van der Waals surface area contributed by atoms with Crippen molar-refractivity contribution in [3.05, 3.63) is 66.5 Å². The highest BCUT2D eigenvalue weighted by Gasteiger charge is 2.10. The molecular formula is C20H20BrN3OS. The average Bonchev–Trinajstić information content (AvgIpc) is 2.94. The Hall–Kier alpha value is -2.07. The van der Waals surface area contributed by atoms with E-state index in [1.54, 1.807) is 23.6 Å². The van der Waals surface area contributed by atoms with Crippen LogP contribution in [0.2, 0.25) is 0 Å². The van der Waals surface area contributed by atoms with Gasteiger partial charge in [-0.15, -0.1) is 17.8 Å². The van der Waals surface area contributed by atoms with Gasteiger partial charge in [0.2, 0.25) is 0 Å². The Kier molecular flexibility index (Phi) is 6.15. The van der Waals surface area contributed by atoms with E-state index in [2.05, 4.69) is 39.5 Å². The summed E-state index contributed by atoms with van der Waals surface area (Å²) in [6.45, 7) is 4.60. The summed E-state index contributed by atoms with van der Waals surface area (Å²) in [5, 5.41) is 4.19. The van der Waals surface area contributed by atoms with Gasteiger partial charge in [-0.2, -0.15) is 0 Å². The van der Waals surface area contributed by atoms with Gasteiger partial charge in [0.15, 0.2) is 5.43 Å². The van der Waals surface area contributed by atoms with Gasteiger partial charge < -0.3 is 10.7 Å². The van der Waals surface area contributed by atoms with Crippen molar-refractivity contribution in [3.63, 3.8) is 0 Å². The highest BCUT2D eigenvalue weighted by Crippen LogP contribution is 2.31. The summed E-state index contributed by atoms with van der Waals surface area (Å²) < 4.78 is 2.95. The largest absolute Gasteiger partial charge is 0.326 e. The zero-order valence-corrected chi connectivity index (χ0v) is 16.9. The summed E-state index contributed by atoms with van der Waals surface area (Å²) >= 11 is 5.21. The highest BCUT2D eigenvalue weighted by molar-refractivity contribution is 9.10. The fourth-order valence-corrected chi connectivity index (χ4v) is 4.46. The lowest BCUT2D eigenvalue weighted by Crippen LogP contribution is -2.23. The van der Waals surface area contributed by atoms with Gasteiger partial charge in [-0.3, -0.25) is 9.47 Å². The Morgan fingerprint density at radius 1 is 1.27 bits per heavy atom. The summed E-state index contributed by atoms with van der Waals surface area (Å²) in [4.78, 5) is 14.1. The fraction of sp³-hybridized carbons (Fsp3) is 0.250. The minimum atomic E-state index is 0.0455. The van der Waals surface area contributed by atoms with Crippen LogP contribution in [0.25, 0.3) is 10.9 Å². The van der Waals surface area contributed by atoms with Gasteiger partial charge in [0.25, 0.3) is 0 Å². The van der Waals surface area contributed by atoms with Crippen LogP contribution in [0.4, 0.5) is 0 Å². The van der Waals surface area contributed by atoms with E-state index < -0.39 is 0 Å². The van der Waals surface area contributed by atoms with E-state index in [9.17, 15) is 4.79 Å². The van der Waals surface area contributed by atoms with Gasteiger partial charge in [0.05, 0.1) is 10.4 Å². The molecule has 134 valence electrons. The number of aromatic nitrogens is 1. The summed E-state index contributed by atoms with van der Waals surface area (Å²) in [7, 11) is 0. The number of pyridine rings is 1. The molecule has 2 heterocycles. The number of hydrogen-bond acceptors (Lipinski definition) is 4. The van der Waals surface area contributed by atoms with Crippen LogP contribution in [0, 0.1) is 19.3 Å². The van der Waals surface area contributed by atoms with Crippen molar-refractivity contribution in [2.45, 2.75) is 19.9 Å². The first kappa shape index (κ1) is 18.7. The fourth-order valence-electron chi connectivity index (χ4n) is 2.76. The Balaban J connectivity index is 1.49. The first-order valence-corrected chi connectivity index (χ1v) is 10.0. The normalized spacial score (nSPS) is 10.8. The third kappa shape index (κ3) is 4.01. The number of fused-ring (bicyclic) bond motifs is 1. The molecule has 0 atom stereocenters. The van der Waals surface area contributed by atoms with Crippen molar-refractivity contribution in [3.8, 4) is 12.3 Å². The highest BCUT2D eigenvalue weighted by atomic mass is 79.9. The quantitative estimate of drug-likeness (QED) is 0.442.